The molecule has 1 rings (SSSR count). The van der Waals surface area contributed by atoms with Gasteiger partial charge in [0, 0.05) is 12.5 Å². The largest absolute Gasteiger partial charge is 0.481 e. The van der Waals surface area contributed by atoms with Gasteiger partial charge in [-0.15, -0.1) is 0 Å². The molecule has 2 N–H and O–H groups in total. The molecule has 1 amide bonds. The minimum absolute atomic E-state index is 0.0115. The molecule has 4 nitrogen and oxygen atoms in total. The molecule has 0 radical (unpaired) electrons. The number of carboxylic acid groups (broad SMARTS) is 1. The molecule has 0 heterocycles. The van der Waals surface area contributed by atoms with Crippen molar-refractivity contribution in [2.45, 2.75) is 58.3 Å². The summed E-state index contributed by atoms with van der Waals surface area (Å²) in [6.07, 6.45) is 8.08. The quantitative estimate of drug-likeness (QED) is 0.734. The second kappa shape index (κ2) is 8.11. The van der Waals surface area contributed by atoms with E-state index in [-0.39, 0.29) is 24.8 Å². The Labute approximate surface area is 109 Å². The van der Waals surface area contributed by atoms with Crippen LogP contribution in [0.2, 0.25) is 0 Å². The maximum Gasteiger partial charge on any atom is 0.305 e. The van der Waals surface area contributed by atoms with Gasteiger partial charge >= 0.3 is 5.97 Å². The topological polar surface area (TPSA) is 66.4 Å². The summed E-state index contributed by atoms with van der Waals surface area (Å²) in [5, 5.41) is 11.2. The molecule has 1 fully saturated rings. The SMILES string of the molecule is CCCCC1CCC(C(=O)NCCC(=O)O)CC1. The van der Waals surface area contributed by atoms with Crippen LogP contribution in [0.1, 0.15) is 58.3 Å². The zero-order valence-electron chi connectivity index (χ0n) is 11.3. The van der Waals surface area contributed by atoms with Gasteiger partial charge in [0.25, 0.3) is 0 Å². The van der Waals surface area contributed by atoms with Crippen LogP contribution in [0.3, 0.4) is 0 Å². The Morgan fingerprint density at radius 2 is 1.89 bits per heavy atom. The van der Waals surface area contributed by atoms with E-state index in [2.05, 4.69) is 12.2 Å². The third-order valence-electron chi connectivity index (χ3n) is 3.82. The van der Waals surface area contributed by atoms with Crippen molar-refractivity contribution in [2.24, 2.45) is 11.8 Å². The summed E-state index contributed by atoms with van der Waals surface area (Å²) >= 11 is 0. The molecule has 0 aromatic carbocycles. The molecule has 0 saturated heterocycles. The zero-order valence-corrected chi connectivity index (χ0v) is 11.3. The van der Waals surface area contributed by atoms with Crippen LogP contribution < -0.4 is 5.32 Å². The number of hydrogen-bond donors (Lipinski definition) is 2. The van der Waals surface area contributed by atoms with E-state index in [0.29, 0.717) is 0 Å². The molecule has 0 aromatic heterocycles. The van der Waals surface area contributed by atoms with Crippen LogP contribution in [-0.2, 0) is 9.59 Å². The fourth-order valence-electron chi connectivity index (χ4n) is 2.64. The van der Waals surface area contributed by atoms with Gasteiger partial charge in [-0.1, -0.05) is 26.2 Å². The maximum atomic E-state index is 11.8. The highest BCUT2D eigenvalue weighted by atomic mass is 16.4. The minimum Gasteiger partial charge on any atom is -0.481 e. The van der Waals surface area contributed by atoms with Crippen molar-refractivity contribution in [3.05, 3.63) is 0 Å². The van der Waals surface area contributed by atoms with Crippen LogP contribution in [-0.4, -0.2) is 23.5 Å². The number of carbonyl (C=O) groups excluding carboxylic acids is 1. The highest BCUT2D eigenvalue weighted by Crippen LogP contribution is 2.31. The fourth-order valence-corrected chi connectivity index (χ4v) is 2.64. The monoisotopic (exact) mass is 255 g/mol. The van der Waals surface area contributed by atoms with E-state index < -0.39 is 5.97 Å². The van der Waals surface area contributed by atoms with Gasteiger partial charge < -0.3 is 10.4 Å². The summed E-state index contributed by atoms with van der Waals surface area (Å²) in [4.78, 5) is 22.1. The first-order chi connectivity index (χ1) is 8.63. The molecule has 0 aliphatic heterocycles. The molecular formula is C14H25NO3. The second-order valence-corrected chi connectivity index (χ2v) is 5.29. The Kier molecular flexibility index (Phi) is 6.76. The van der Waals surface area contributed by atoms with Gasteiger partial charge in [-0.2, -0.15) is 0 Å². The van der Waals surface area contributed by atoms with E-state index in [9.17, 15) is 9.59 Å². The first-order valence-corrected chi connectivity index (χ1v) is 7.13. The zero-order chi connectivity index (χ0) is 13.4. The molecule has 18 heavy (non-hydrogen) atoms. The molecule has 1 aliphatic carbocycles. The van der Waals surface area contributed by atoms with E-state index in [1.807, 2.05) is 0 Å². The molecular weight excluding hydrogens is 230 g/mol. The Hall–Kier alpha value is -1.06. The van der Waals surface area contributed by atoms with Crippen molar-refractivity contribution in [2.75, 3.05) is 6.54 Å². The maximum absolute atomic E-state index is 11.8. The van der Waals surface area contributed by atoms with Crippen molar-refractivity contribution in [3.8, 4) is 0 Å². The summed E-state index contributed by atoms with van der Waals surface area (Å²) in [5.41, 5.74) is 0. The number of nitrogens with one attached hydrogen (secondary N) is 1. The number of carbonyl (C=O) groups is 2. The van der Waals surface area contributed by atoms with Crippen molar-refractivity contribution in [1.82, 2.24) is 5.32 Å². The molecule has 0 unspecified atom stereocenters. The average molecular weight is 255 g/mol. The smallest absolute Gasteiger partial charge is 0.305 e. The van der Waals surface area contributed by atoms with Gasteiger partial charge in [-0.3, -0.25) is 9.59 Å². The van der Waals surface area contributed by atoms with Crippen molar-refractivity contribution in [3.63, 3.8) is 0 Å². The summed E-state index contributed by atoms with van der Waals surface area (Å²) < 4.78 is 0. The Bertz CT molecular complexity index is 270. The second-order valence-electron chi connectivity index (χ2n) is 5.29. The molecule has 0 atom stereocenters. The number of rotatable bonds is 7. The lowest BCUT2D eigenvalue weighted by Crippen LogP contribution is -2.34. The highest BCUT2D eigenvalue weighted by molar-refractivity contribution is 5.79. The predicted molar refractivity (Wildman–Crippen MR) is 70.2 cm³/mol. The number of aliphatic carboxylic acids is 1. The van der Waals surface area contributed by atoms with Crippen LogP contribution in [0.25, 0.3) is 0 Å². The van der Waals surface area contributed by atoms with Crippen LogP contribution in [0, 0.1) is 11.8 Å². The normalized spacial score (nSPS) is 23.6. The van der Waals surface area contributed by atoms with Crippen LogP contribution in [0.15, 0.2) is 0 Å². The molecule has 0 bridgehead atoms. The van der Waals surface area contributed by atoms with Gasteiger partial charge in [-0.25, -0.2) is 0 Å². The fraction of sp³-hybridized carbons (Fsp3) is 0.857. The number of unbranched alkanes of at least 4 members (excludes halogenated alkanes) is 1. The van der Waals surface area contributed by atoms with Crippen LogP contribution in [0.5, 0.6) is 0 Å². The Morgan fingerprint density at radius 1 is 1.22 bits per heavy atom. The number of carboxylic acids is 1. The van der Waals surface area contributed by atoms with Crippen LogP contribution >= 0.6 is 0 Å². The van der Waals surface area contributed by atoms with E-state index in [0.717, 1.165) is 31.6 Å². The molecule has 0 aromatic rings. The van der Waals surface area contributed by atoms with Gasteiger partial charge in [-0.05, 0) is 31.6 Å². The van der Waals surface area contributed by atoms with Crippen LogP contribution in [0.4, 0.5) is 0 Å². The predicted octanol–water partition coefficient (Wildman–Crippen LogP) is 2.57. The van der Waals surface area contributed by atoms with E-state index in [4.69, 9.17) is 5.11 Å². The molecule has 0 spiro atoms. The van der Waals surface area contributed by atoms with Gasteiger partial charge in [0.1, 0.15) is 0 Å². The molecule has 1 aliphatic rings. The van der Waals surface area contributed by atoms with Gasteiger partial charge in [0.2, 0.25) is 5.91 Å². The lowest BCUT2D eigenvalue weighted by molar-refractivity contribution is -0.137. The third-order valence-corrected chi connectivity index (χ3v) is 3.82. The standard InChI is InChI=1S/C14H25NO3/c1-2-3-4-11-5-7-12(8-6-11)14(18)15-10-9-13(16)17/h11-12H,2-10H2,1H3,(H,15,18)(H,16,17). The minimum atomic E-state index is -0.862. The van der Waals surface area contributed by atoms with E-state index in [1.165, 1.54) is 19.3 Å². The summed E-state index contributed by atoms with van der Waals surface area (Å²) in [6.45, 7) is 2.46. The third kappa shape index (κ3) is 5.52. The highest BCUT2D eigenvalue weighted by Gasteiger charge is 2.25. The van der Waals surface area contributed by atoms with E-state index in [1.54, 1.807) is 0 Å². The molecule has 1 saturated carbocycles. The first kappa shape index (κ1) is 15.0. The van der Waals surface area contributed by atoms with Gasteiger partial charge in [0.15, 0.2) is 0 Å². The summed E-state index contributed by atoms with van der Waals surface area (Å²) in [7, 11) is 0. The lowest BCUT2D eigenvalue weighted by atomic mass is 9.79. The number of hydrogen-bond acceptors (Lipinski definition) is 2. The van der Waals surface area contributed by atoms with Crippen molar-refractivity contribution < 1.29 is 14.7 Å². The van der Waals surface area contributed by atoms with Gasteiger partial charge in [0.05, 0.1) is 6.42 Å². The lowest BCUT2D eigenvalue weighted by Gasteiger charge is -2.27. The summed E-state index contributed by atoms with van der Waals surface area (Å²) in [5.74, 6) is 0.0912. The number of amides is 1. The Balaban J connectivity index is 2.17. The molecule has 104 valence electrons. The summed E-state index contributed by atoms with van der Waals surface area (Å²) in [6, 6.07) is 0. The average Bonchev–Trinajstić information content (AvgIpc) is 2.36. The van der Waals surface area contributed by atoms with Crippen molar-refractivity contribution in [1.29, 1.82) is 0 Å². The Morgan fingerprint density at radius 3 is 2.44 bits per heavy atom. The first-order valence-electron chi connectivity index (χ1n) is 7.13. The van der Waals surface area contributed by atoms with E-state index >= 15 is 0 Å². The van der Waals surface area contributed by atoms with Crippen molar-refractivity contribution >= 4 is 11.9 Å². The molecule has 4 heteroatoms.